The van der Waals surface area contributed by atoms with E-state index in [1.54, 1.807) is 19.2 Å². The SMILES string of the molecule is CN(CCOCCOCCOCCOCCOCCCCCC(=O)Nc1cccc2c1C(=O)N(C1CCC(=O)NC1=O)C2=O)C(=O)OC(C)(C)C. The minimum Gasteiger partial charge on any atom is -0.444 e. The predicted octanol–water partition coefficient (Wildman–Crippen LogP) is 2.54. The number of likely N-dealkylation sites (N-methyl/N-ethyl adjacent to an activating group) is 1. The molecule has 0 radical (unpaired) electrons. The Morgan fingerprint density at radius 2 is 1.41 bits per heavy atom. The van der Waals surface area contributed by atoms with Gasteiger partial charge in [0.2, 0.25) is 17.7 Å². The molecule has 2 N–H and O–H groups in total. The molecule has 2 aliphatic heterocycles. The van der Waals surface area contributed by atoms with E-state index in [2.05, 4.69) is 10.6 Å². The average molecular weight is 721 g/mol. The lowest BCUT2D eigenvalue weighted by Gasteiger charge is -2.27. The summed E-state index contributed by atoms with van der Waals surface area (Å²) in [7, 11) is 1.66. The van der Waals surface area contributed by atoms with Crippen LogP contribution in [0.5, 0.6) is 0 Å². The van der Waals surface area contributed by atoms with Gasteiger partial charge in [0, 0.05) is 33.0 Å². The summed E-state index contributed by atoms with van der Waals surface area (Å²) in [5.74, 6) is -2.73. The van der Waals surface area contributed by atoms with E-state index in [1.807, 2.05) is 20.8 Å². The number of hydrogen-bond acceptors (Lipinski definition) is 12. The van der Waals surface area contributed by atoms with Crippen LogP contribution in [0.25, 0.3) is 0 Å². The molecule has 1 unspecified atom stereocenters. The first-order chi connectivity index (χ1) is 24.4. The van der Waals surface area contributed by atoms with Crippen LogP contribution in [0.1, 0.15) is 80.0 Å². The topological polar surface area (TPSA) is 188 Å². The highest BCUT2D eigenvalue weighted by molar-refractivity contribution is 6.26. The van der Waals surface area contributed by atoms with Crippen molar-refractivity contribution in [2.45, 2.75) is 70.9 Å². The number of amides is 6. The Bertz CT molecular complexity index is 1350. The Labute approximate surface area is 298 Å². The number of ether oxygens (including phenoxy) is 6. The van der Waals surface area contributed by atoms with Gasteiger partial charge in [-0.1, -0.05) is 12.5 Å². The molecule has 16 nitrogen and oxygen atoms in total. The van der Waals surface area contributed by atoms with E-state index in [0.29, 0.717) is 79.0 Å². The van der Waals surface area contributed by atoms with Crippen molar-refractivity contribution in [1.29, 1.82) is 0 Å². The fourth-order valence-electron chi connectivity index (χ4n) is 5.11. The van der Waals surface area contributed by atoms with E-state index in [0.717, 1.165) is 17.7 Å². The minimum atomic E-state index is -1.07. The number of carbonyl (C=O) groups is 6. The molecule has 0 aromatic heterocycles. The molecule has 0 bridgehead atoms. The zero-order valence-electron chi connectivity index (χ0n) is 30.1. The first kappa shape index (κ1) is 41.5. The van der Waals surface area contributed by atoms with Gasteiger partial charge in [-0.2, -0.15) is 0 Å². The van der Waals surface area contributed by atoms with Crippen LogP contribution in [0.3, 0.4) is 0 Å². The number of rotatable bonds is 23. The first-order valence-electron chi connectivity index (χ1n) is 17.4. The number of unbranched alkanes of at least 4 members (excludes halogenated alkanes) is 2. The van der Waals surface area contributed by atoms with Gasteiger partial charge in [-0.3, -0.25) is 34.2 Å². The molecule has 1 aromatic carbocycles. The van der Waals surface area contributed by atoms with Crippen LogP contribution in [-0.2, 0) is 42.8 Å². The van der Waals surface area contributed by atoms with E-state index >= 15 is 0 Å². The van der Waals surface area contributed by atoms with Gasteiger partial charge in [0.05, 0.1) is 76.3 Å². The van der Waals surface area contributed by atoms with Crippen LogP contribution in [0.2, 0.25) is 0 Å². The maximum absolute atomic E-state index is 13.2. The average Bonchev–Trinajstić information content (AvgIpc) is 3.32. The Balaban J connectivity index is 1.12. The zero-order valence-corrected chi connectivity index (χ0v) is 30.1. The quantitative estimate of drug-likeness (QED) is 0.124. The van der Waals surface area contributed by atoms with E-state index in [9.17, 15) is 28.8 Å². The third-order valence-electron chi connectivity index (χ3n) is 7.70. The standard InChI is InChI=1S/C35H52N4O12/c1-35(2,3)51-34(45)38(4)14-16-47-18-20-49-22-24-50-23-21-48-19-17-46-15-7-5-6-11-28(40)36-26-10-8-9-25-30(26)33(44)39(32(25)43)27-12-13-29(41)37-31(27)42/h8-10,27H,5-7,11-24H2,1-4H3,(H,36,40)(H,37,41,42). The van der Waals surface area contributed by atoms with Crippen molar-refractivity contribution >= 4 is 41.3 Å². The second-order valence-electron chi connectivity index (χ2n) is 13.0. The normalized spacial score (nSPS) is 15.9. The monoisotopic (exact) mass is 720 g/mol. The summed E-state index contributed by atoms with van der Waals surface area (Å²) in [4.78, 5) is 76.8. The van der Waals surface area contributed by atoms with Crippen molar-refractivity contribution in [2.75, 3.05) is 85.0 Å². The lowest BCUT2D eigenvalue weighted by molar-refractivity contribution is -0.136. The zero-order chi connectivity index (χ0) is 37.2. The van der Waals surface area contributed by atoms with Gasteiger partial charge in [-0.25, -0.2) is 4.79 Å². The summed E-state index contributed by atoms with van der Waals surface area (Å²) < 4.78 is 32.8. The number of piperidine rings is 1. The third-order valence-corrected chi connectivity index (χ3v) is 7.70. The minimum absolute atomic E-state index is 0.0274. The fourth-order valence-corrected chi connectivity index (χ4v) is 5.11. The maximum atomic E-state index is 13.2. The maximum Gasteiger partial charge on any atom is 0.410 e. The van der Waals surface area contributed by atoms with Crippen molar-refractivity contribution < 1.29 is 57.2 Å². The van der Waals surface area contributed by atoms with Crippen molar-refractivity contribution in [3.8, 4) is 0 Å². The highest BCUT2D eigenvalue weighted by atomic mass is 16.6. The smallest absolute Gasteiger partial charge is 0.410 e. The third kappa shape index (κ3) is 14.3. The second kappa shape index (κ2) is 21.4. The first-order valence-corrected chi connectivity index (χ1v) is 17.4. The molecular weight excluding hydrogens is 668 g/mol. The van der Waals surface area contributed by atoms with Crippen LogP contribution in [0.4, 0.5) is 10.5 Å². The van der Waals surface area contributed by atoms with Crippen molar-refractivity contribution in [1.82, 2.24) is 15.1 Å². The van der Waals surface area contributed by atoms with Gasteiger partial charge in [0.15, 0.2) is 0 Å². The van der Waals surface area contributed by atoms with Crippen LogP contribution in [-0.4, -0.2) is 137 Å². The summed E-state index contributed by atoms with van der Waals surface area (Å²) in [6.45, 7) is 10.3. The molecular formula is C35H52N4O12. The van der Waals surface area contributed by atoms with Crippen LogP contribution in [0.15, 0.2) is 18.2 Å². The number of hydrogen-bond donors (Lipinski definition) is 2. The van der Waals surface area contributed by atoms with Crippen LogP contribution >= 0.6 is 0 Å². The Morgan fingerprint density at radius 1 is 0.824 bits per heavy atom. The highest BCUT2D eigenvalue weighted by Gasteiger charge is 2.45. The van der Waals surface area contributed by atoms with E-state index in [4.69, 9.17) is 28.4 Å². The molecule has 1 saturated heterocycles. The summed E-state index contributed by atoms with van der Waals surface area (Å²) in [6, 6.07) is 3.52. The molecule has 0 saturated carbocycles. The number of carbonyl (C=O) groups excluding carboxylic acids is 6. The highest BCUT2D eigenvalue weighted by Crippen LogP contribution is 2.32. The number of anilines is 1. The molecule has 16 heteroatoms. The predicted molar refractivity (Wildman–Crippen MR) is 183 cm³/mol. The molecule has 3 rings (SSSR count). The summed E-state index contributed by atoms with van der Waals surface area (Å²) in [6.07, 6.45) is 2.05. The number of nitrogens with zero attached hydrogens (tertiary/aromatic N) is 2. The Hall–Kier alpha value is -3.96. The molecule has 284 valence electrons. The molecule has 0 aliphatic carbocycles. The van der Waals surface area contributed by atoms with Gasteiger partial charge < -0.3 is 38.6 Å². The summed E-state index contributed by atoms with van der Waals surface area (Å²) >= 11 is 0. The Morgan fingerprint density at radius 3 is 2.00 bits per heavy atom. The number of benzene rings is 1. The van der Waals surface area contributed by atoms with Gasteiger partial charge in [0.1, 0.15) is 11.6 Å². The molecule has 51 heavy (non-hydrogen) atoms. The molecule has 0 spiro atoms. The molecule has 1 aromatic rings. The molecule has 1 fully saturated rings. The van der Waals surface area contributed by atoms with Crippen molar-refractivity contribution in [2.24, 2.45) is 0 Å². The van der Waals surface area contributed by atoms with Crippen molar-refractivity contribution in [3.05, 3.63) is 29.3 Å². The van der Waals surface area contributed by atoms with Crippen LogP contribution < -0.4 is 10.6 Å². The van der Waals surface area contributed by atoms with Gasteiger partial charge in [0.25, 0.3) is 11.8 Å². The largest absolute Gasteiger partial charge is 0.444 e. The fraction of sp³-hybridized carbons (Fsp3) is 0.657. The lowest BCUT2D eigenvalue weighted by Crippen LogP contribution is -2.54. The van der Waals surface area contributed by atoms with E-state index in [1.165, 1.54) is 11.0 Å². The number of nitrogens with one attached hydrogen (secondary N) is 2. The van der Waals surface area contributed by atoms with Gasteiger partial charge in [-0.05, 0) is 52.2 Å². The van der Waals surface area contributed by atoms with Gasteiger partial charge in [-0.15, -0.1) is 0 Å². The molecule has 2 aliphatic rings. The van der Waals surface area contributed by atoms with Crippen molar-refractivity contribution in [3.63, 3.8) is 0 Å². The molecule has 6 amide bonds. The van der Waals surface area contributed by atoms with E-state index < -0.39 is 35.3 Å². The number of imide groups is 2. The second-order valence-corrected chi connectivity index (χ2v) is 13.0. The molecule has 2 heterocycles. The number of fused-ring (bicyclic) bond motifs is 1. The Kier molecular flexibility index (Phi) is 17.4. The summed E-state index contributed by atoms with van der Waals surface area (Å²) in [5, 5.41) is 4.89. The lowest BCUT2D eigenvalue weighted by atomic mass is 10.0. The van der Waals surface area contributed by atoms with Gasteiger partial charge >= 0.3 is 6.09 Å². The van der Waals surface area contributed by atoms with Crippen LogP contribution in [0, 0.1) is 0 Å². The summed E-state index contributed by atoms with van der Waals surface area (Å²) in [5.41, 5.74) is -0.155. The molecule has 1 atom stereocenters. The van der Waals surface area contributed by atoms with E-state index in [-0.39, 0.29) is 48.1 Å².